The van der Waals surface area contributed by atoms with Gasteiger partial charge in [0.05, 0.1) is 58.5 Å². The van der Waals surface area contributed by atoms with Gasteiger partial charge in [0, 0.05) is 21.6 Å². The lowest BCUT2D eigenvalue weighted by atomic mass is 9.88. The fraction of sp³-hybridized carbons (Fsp3) is 0.640. The number of anilines is 1. The van der Waals surface area contributed by atoms with Crippen LogP contribution in [0.15, 0.2) is 102 Å². The highest BCUT2D eigenvalue weighted by atomic mass is 32.2. The van der Waals surface area contributed by atoms with E-state index in [-0.39, 0.29) is 0 Å². The average molecular weight is 1530 g/mol. The summed E-state index contributed by atoms with van der Waals surface area (Å²) < 4.78 is 58.8. The van der Waals surface area contributed by atoms with Crippen LogP contribution in [0, 0.1) is 0 Å². The van der Waals surface area contributed by atoms with E-state index in [1.807, 2.05) is 0 Å². The van der Waals surface area contributed by atoms with Crippen LogP contribution in [0.5, 0.6) is 46.0 Å². The maximum absolute atomic E-state index is 6.94. The van der Waals surface area contributed by atoms with Gasteiger partial charge in [-0.25, -0.2) is 0 Å². The van der Waals surface area contributed by atoms with Crippen molar-refractivity contribution in [2.45, 2.75) is 368 Å². The Bertz CT molecular complexity index is 3160. The first kappa shape index (κ1) is 91.1. The summed E-state index contributed by atoms with van der Waals surface area (Å²) in [6.07, 6.45) is 57.6. The van der Waals surface area contributed by atoms with Gasteiger partial charge in [-0.1, -0.05) is 336 Å². The standard InChI is InChI=1S/C100H153NO8S/c1-9-17-25-33-41-49-65-102-91-61-57-81(77-95(91)106-69-53-45-37-29-21-13-5)85-73-87(83-59-63-93(104-67-51-43-35-27-19-11-3)97(79-83)108-71-55-47-39-31-23-15-7)99-89(75-85)90-76-86(82-58-62-92(103-66-50-42-34-26-18-10-2)96(78-82)107-70-54-46-38-30-22-14-6)74-88(100(90)110-101-99)84-60-64-94(105-68-52-44-36-28-20-12-4)98(80-84)109-72-56-48-40-32-24-16-8/h57-64,73-80,101H,9-56,65-72H2,1-8H3. The van der Waals surface area contributed by atoms with Crippen molar-refractivity contribution >= 4 is 17.6 Å². The second kappa shape index (κ2) is 57.8. The normalized spacial score (nSPS) is 11.7. The molecule has 0 spiro atoms. The van der Waals surface area contributed by atoms with Crippen molar-refractivity contribution < 1.29 is 37.9 Å². The molecule has 0 bridgehead atoms. The Balaban J connectivity index is 1.44. The lowest BCUT2D eigenvalue weighted by Crippen LogP contribution is -2.06. The molecule has 612 valence electrons. The van der Waals surface area contributed by atoms with Crippen molar-refractivity contribution in [3.63, 3.8) is 0 Å². The van der Waals surface area contributed by atoms with Crippen molar-refractivity contribution in [1.82, 2.24) is 0 Å². The summed E-state index contributed by atoms with van der Waals surface area (Å²) in [4.78, 5) is 1.15. The van der Waals surface area contributed by atoms with Crippen LogP contribution in [0.2, 0.25) is 0 Å². The third kappa shape index (κ3) is 33.9. The highest BCUT2D eigenvalue weighted by molar-refractivity contribution is 8.01. The molecule has 0 saturated heterocycles. The number of hydrogen-bond donors (Lipinski definition) is 1. The zero-order chi connectivity index (χ0) is 77.5. The fourth-order valence-corrected chi connectivity index (χ4v) is 15.9. The van der Waals surface area contributed by atoms with E-state index in [0.29, 0.717) is 52.9 Å². The lowest BCUT2D eigenvalue weighted by molar-refractivity contribution is 0.258. The van der Waals surface area contributed by atoms with Crippen molar-refractivity contribution in [1.29, 1.82) is 0 Å². The molecule has 0 aromatic heterocycles. The first-order chi connectivity index (χ1) is 54.4. The molecule has 0 atom stereocenters. The maximum Gasteiger partial charge on any atom is 0.161 e. The van der Waals surface area contributed by atoms with Gasteiger partial charge in [0.1, 0.15) is 0 Å². The van der Waals surface area contributed by atoms with Gasteiger partial charge in [-0.2, -0.15) is 0 Å². The van der Waals surface area contributed by atoms with Crippen LogP contribution in [0.25, 0.3) is 55.6 Å². The molecule has 6 aromatic carbocycles. The molecule has 1 aliphatic heterocycles. The average Bonchev–Trinajstić information content (AvgIpc) is 0.736. The number of benzene rings is 6. The third-order valence-electron chi connectivity index (χ3n) is 21.9. The largest absolute Gasteiger partial charge is 0.490 e. The van der Waals surface area contributed by atoms with E-state index in [0.717, 1.165) is 196 Å². The molecule has 1 heterocycles. The topological polar surface area (TPSA) is 85.9 Å². The fourth-order valence-electron chi connectivity index (χ4n) is 15.0. The molecule has 0 fully saturated rings. The Labute approximate surface area is 676 Å². The van der Waals surface area contributed by atoms with E-state index in [4.69, 9.17) is 37.9 Å². The van der Waals surface area contributed by atoms with Crippen LogP contribution in [0.1, 0.15) is 364 Å². The summed E-state index contributed by atoms with van der Waals surface area (Å²) >= 11 is 1.71. The summed E-state index contributed by atoms with van der Waals surface area (Å²) in [6, 6.07) is 36.5. The molecule has 7 rings (SSSR count). The zero-order valence-electron chi connectivity index (χ0n) is 71.0. The van der Waals surface area contributed by atoms with Crippen LogP contribution in [0.3, 0.4) is 0 Å². The monoisotopic (exact) mass is 1530 g/mol. The van der Waals surface area contributed by atoms with E-state index in [1.54, 1.807) is 11.9 Å². The highest BCUT2D eigenvalue weighted by Crippen LogP contribution is 2.54. The molecule has 6 aromatic rings. The Morgan fingerprint density at radius 3 is 0.682 bits per heavy atom. The number of nitrogens with one attached hydrogen (secondary N) is 1. The highest BCUT2D eigenvalue weighted by Gasteiger charge is 2.28. The summed E-state index contributed by atoms with van der Waals surface area (Å²) in [5.41, 5.74) is 12.0. The molecule has 9 nitrogen and oxygen atoms in total. The summed E-state index contributed by atoms with van der Waals surface area (Å²) in [7, 11) is 0. The molecular formula is C100H153NO8S. The van der Waals surface area contributed by atoms with Gasteiger partial charge in [0.15, 0.2) is 46.0 Å². The summed E-state index contributed by atoms with van der Waals surface area (Å²) in [6.45, 7) is 23.5. The molecule has 0 saturated carbocycles. The van der Waals surface area contributed by atoms with E-state index in [1.165, 1.54) is 225 Å². The van der Waals surface area contributed by atoms with Crippen LogP contribution < -0.4 is 42.6 Å². The Hall–Kier alpha value is -6.13. The molecule has 0 aliphatic carbocycles. The van der Waals surface area contributed by atoms with Crippen molar-refractivity contribution in [3.05, 3.63) is 97.1 Å². The van der Waals surface area contributed by atoms with Crippen LogP contribution in [0.4, 0.5) is 5.69 Å². The number of unbranched alkanes of at least 4 members (excludes halogenated alkanes) is 40. The molecule has 110 heavy (non-hydrogen) atoms. The van der Waals surface area contributed by atoms with E-state index >= 15 is 0 Å². The summed E-state index contributed by atoms with van der Waals surface area (Å²) in [5.74, 6) is 6.48. The second-order valence-electron chi connectivity index (χ2n) is 31.6. The summed E-state index contributed by atoms with van der Waals surface area (Å²) in [5, 5.41) is 0. The van der Waals surface area contributed by atoms with Gasteiger partial charge in [0.25, 0.3) is 0 Å². The van der Waals surface area contributed by atoms with Gasteiger partial charge < -0.3 is 42.6 Å². The first-order valence-electron chi connectivity index (χ1n) is 45.8. The van der Waals surface area contributed by atoms with Crippen LogP contribution in [-0.4, -0.2) is 52.9 Å². The van der Waals surface area contributed by atoms with Crippen molar-refractivity contribution in [2.24, 2.45) is 0 Å². The Morgan fingerprint density at radius 1 is 0.191 bits per heavy atom. The Morgan fingerprint density at radius 2 is 0.400 bits per heavy atom. The van der Waals surface area contributed by atoms with Gasteiger partial charge in [-0.15, -0.1) is 0 Å². The molecule has 0 amide bonds. The lowest BCUT2D eigenvalue weighted by Gasteiger charge is -2.28. The van der Waals surface area contributed by atoms with Crippen LogP contribution >= 0.6 is 11.9 Å². The zero-order valence-corrected chi connectivity index (χ0v) is 71.8. The van der Waals surface area contributed by atoms with E-state index in [9.17, 15) is 0 Å². The number of rotatable bonds is 68. The molecule has 1 N–H and O–H groups in total. The number of hydrogen-bond acceptors (Lipinski definition) is 10. The smallest absolute Gasteiger partial charge is 0.161 e. The Kier molecular flexibility index (Phi) is 47.9. The van der Waals surface area contributed by atoms with Crippen molar-refractivity contribution in [2.75, 3.05) is 57.6 Å². The molecule has 0 radical (unpaired) electrons. The van der Waals surface area contributed by atoms with Gasteiger partial charge in [-0.05, 0) is 175 Å². The predicted octanol–water partition coefficient (Wildman–Crippen LogP) is 32.4. The predicted molar refractivity (Wildman–Crippen MR) is 474 cm³/mol. The van der Waals surface area contributed by atoms with E-state index in [2.05, 4.69) is 157 Å². The van der Waals surface area contributed by atoms with Crippen molar-refractivity contribution in [3.8, 4) is 102 Å². The number of ether oxygens (including phenoxy) is 8. The van der Waals surface area contributed by atoms with Crippen LogP contribution in [-0.2, 0) is 0 Å². The minimum absolute atomic E-state index is 0.638. The SMILES string of the molecule is CCCCCCCCOc1ccc(-c2cc(-c3ccc(OCCCCCCCC)c(OCCCCCCCC)c3)c3c(c2)-c2cc(-c4ccc(OCCCCCCCC)c(OCCCCCCCC)c4)cc(-c4ccc(OCCCCCCCC)c(OCCCCCCCC)c4)c2SN3)cc1OCCCCCCCC. The molecule has 10 heteroatoms. The second-order valence-corrected chi connectivity index (χ2v) is 32.4. The third-order valence-corrected chi connectivity index (χ3v) is 22.8. The first-order valence-corrected chi connectivity index (χ1v) is 46.6. The minimum Gasteiger partial charge on any atom is -0.490 e. The molecular weight excluding hydrogens is 1380 g/mol. The minimum atomic E-state index is 0.638. The van der Waals surface area contributed by atoms with Gasteiger partial charge in [0.2, 0.25) is 0 Å². The molecule has 1 aliphatic rings. The van der Waals surface area contributed by atoms with Gasteiger partial charge >= 0.3 is 0 Å². The van der Waals surface area contributed by atoms with E-state index < -0.39 is 0 Å². The maximum atomic E-state index is 6.94. The number of fused-ring (bicyclic) bond motifs is 3. The molecule has 0 unspecified atom stereocenters. The van der Waals surface area contributed by atoms with Gasteiger partial charge in [-0.3, -0.25) is 0 Å². The quantitative estimate of drug-likeness (QED) is 0.0294.